The van der Waals surface area contributed by atoms with Gasteiger partial charge in [0.15, 0.2) is 11.6 Å². The molecule has 2 aromatic carbocycles. The van der Waals surface area contributed by atoms with Gasteiger partial charge in [-0.3, -0.25) is 4.79 Å². The van der Waals surface area contributed by atoms with E-state index >= 15 is 0 Å². The lowest BCUT2D eigenvalue weighted by molar-refractivity contribution is 0.597. The van der Waals surface area contributed by atoms with E-state index in [4.69, 9.17) is 5.14 Å². The number of primary sulfonamides is 1. The fourth-order valence-electron chi connectivity index (χ4n) is 3.27. The third-order valence-corrected chi connectivity index (χ3v) is 5.86. The molecule has 0 fully saturated rings. The summed E-state index contributed by atoms with van der Waals surface area (Å²) in [5.74, 6) is -0.704. The van der Waals surface area contributed by atoms with Gasteiger partial charge in [-0.1, -0.05) is 6.07 Å². The Morgan fingerprint density at radius 3 is 2.47 bits per heavy atom. The second-order valence-corrected chi connectivity index (χ2v) is 8.77. The zero-order valence-electron chi connectivity index (χ0n) is 17.1. The van der Waals surface area contributed by atoms with Crippen molar-refractivity contribution in [3.8, 4) is 0 Å². The number of benzene rings is 2. The Balaban J connectivity index is 1.64. The molecule has 4 rings (SSSR count). The maximum atomic E-state index is 14.4. The predicted octanol–water partition coefficient (Wildman–Crippen LogP) is 3.21. The Morgan fingerprint density at radius 2 is 1.72 bits per heavy atom. The van der Waals surface area contributed by atoms with Crippen LogP contribution in [0.1, 0.15) is 11.1 Å². The smallest absolute Gasteiger partial charge is 0.248 e. The van der Waals surface area contributed by atoms with Gasteiger partial charge in [0.05, 0.1) is 11.1 Å². The van der Waals surface area contributed by atoms with Gasteiger partial charge in [0.2, 0.25) is 21.5 Å². The molecule has 0 aliphatic rings. The number of pyridine rings is 1. The van der Waals surface area contributed by atoms with E-state index in [9.17, 15) is 17.6 Å². The summed E-state index contributed by atoms with van der Waals surface area (Å²) in [6.07, 6.45) is 0.996. The van der Waals surface area contributed by atoms with E-state index in [-0.39, 0.29) is 22.2 Å². The lowest BCUT2D eigenvalue weighted by Gasteiger charge is -2.12. The number of fused-ring (bicyclic) bond motifs is 1. The van der Waals surface area contributed by atoms with Gasteiger partial charge in [0, 0.05) is 28.3 Å². The van der Waals surface area contributed by atoms with Crippen LogP contribution in [0.15, 0.2) is 58.4 Å². The molecule has 0 atom stereocenters. The summed E-state index contributed by atoms with van der Waals surface area (Å²) in [6.45, 7) is 3.44. The Hall–Kier alpha value is -3.83. The molecule has 164 valence electrons. The van der Waals surface area contributed by atoms with Gasteiger partial charge in [0.25, 0.3) is 0 Å². The fraction of sp³-hybridized carbons (Fsp3) is 0.0952. The number of nitrogens with two attached hydrogens (primary N) is 1. The number of hydrogen-bond donors (Lipinski definition) is 4. The standard InChI is InChI=1S/C21H19FN6O3S/c1-11-3-4-14(9-18(11)32(23,30)31)26-21-24-10-16(22)20(28-21)25-13-5-6-17-15(8-13)12(2)7-19(29)27-17/h3-10H,1-2H3,(H,27,29)(H2,23,30,31)(H2,24,25,26,28). The van der Waals surface area contributed by atoms with Crippen LogP contribution < -0.4 is 21.3 Å². The van der Waals surface area contributed by atoms with Gasteiger partial charge >= 0.3 is 0 Å². The van der Waals surface area contributed by atoms with Crippen molar-refractivity contribution >= 4 is 44.1 Å². The van der Waals surface area contributed by atoms with Crippen molar-refractivity contribution in [3.05, 3.63) is 76.0 Å². The molecular weight excluding hydrogens is 435 g/mol. The molecule has 0 bridgehead atoms. The van der Waals surface area contributed by atoms with Crippen molar-refractivity contribution in [1.29, 1.82) is 0 Å². The summed E-state index contributed by atoms with van der Waals surface area (Å²) in [5, 5.41) is 11.8. The molecule has 0 aliphatic heterocycles. The number of hydrogen-bond acceptors (Lipinski definition) is 7. The van der Waals surface area contributed by atoms with Crippen LogP contribution in [0.3, 0.4) is 0 Å². The minimum Gasteiger partial charge on any atom is -0.338 e. The third-order valence-electron chi connectivity index (χ3n) is 4.81. The summed E-state index contributed by atoms with van der Waals surface area (Å²) in [4.78, 5) is 22.4. The predicted molar refractivity (Wildman–Crippen MR) is 120 cm³/mol. The lowest BCUT2D eigenvalue weighted by atomic mass is 10.1. The minimum absolute atomic E-state index is 0.0347. The number of rotatable bonds is 5. The average Bonchev–Trinajstić information content (AvgIpc) is 2.71. The van der Waals surface area contributed by atoms with Crippen LogP contribution in [-0.2, 0) is 10.0 Å². The lowest BCUT2D eigenvalue weighted by Crippen LogP contribution is -2.14. The Labute approximate surface area is 182 Å². The van der Waals surface area contributed by atoms with Crippen LogP contribution in [0, 0.1) is 19.7 Å². The number of sulfonamides is 1. The van der Waals surface area contributed by atoms with Crippen molar-refractivity contribution in [2.24, 2.45) is 5.14 Å². The first-order chi connectivity index (χ1) is 15.1. The third kappa shape index (κ3) is 4.43. The number of aromatic amines is 1. The summed E-state index contributed by atoms with van der Waals surface area (Å²) in [6, 6.07) is 11.2. The number of anilines is 4. The van der Waals surface area contributed by atoms with E-state index in [0.29, 0.717) is 22.5 Å². The number of nitrogens with one attached hydrogen (secondary N) is 3. The van der Waals surface area contributed by atoms with E-state index in [1.54, 1.807) is 37.3 Å². The van der Waals surface area contributed by atoms with Gasteiger partial charge in [-0.25, -0.2) is 22.9 Å². The number of halogens is 1. The summed E-state index contributed by atoms with van der Waals surface area (Å²) in [7, 11) is -3.90. The van der Waals surface area contributed by atoms with Crippen molar-refractivity contribution in [2.45, 2.75) is 18.7 Å². The second-order valence-electron chi connectivity index (χ2n) is 7.24. The normalized spacial score (nSPS) is 11.5. The van der Waals surface area contributed by atoms with Gasteiger partial charge in [-0.15, -0.1) is 0 Å². The van der Waals surface area contributed by atoms with Crippen molar-refractivity contribution in [3.63, 3.8) is 0 Å². The Kier molecular flexibility index (Phi) is 5.36. The second kappa shape index (κ2) is 8.02. The Bertz CT molecular complexity index is 1520. The molecule has 0 amide bonds. The SMILES string of the molecule is Cc1ccc(Nc2ncc(F)c(Nc3ccc4[nH]c(=O)cc(C)c4c3)n2)cc1S(N)(=O)=O. The first kappa shape index (κ1) is 21.4. The summed E-state index contributed by atoms with van der Waals surface area (Å²) in [5.41, 5.74) is 2.67. The number of nitrogens with zero attached hydrogens (tertiary/aromatic N) is 2. The largest absolute Gasteiger partial charge is 0.338 e. The zero-order chi connectivity index (χ0) is 23.0. The van der Waals surface area contributed by atoms with E-state index in [0.717, 1.165) is 17.1 Å². The molecule has 9 nitrogen and oxygen atoms in total. The van der Waals surface area contributed by atoms with Crippen LogP contribution in [-0.4, -0.2) is 23.4 Å². The highest BCUT2D eigenvalue weighted by atomic mass is 32.2. The molecule has 0 spiro atoms. The van der Waals surface area contributed by atoms with Crippen LogP contribution >= 0.6 is 0 Å². The van der Waals surface area contributed by atoms with Gasteiger partial charge < -0.3 is 15.6 Å². The van der Waals surface area contributed by atoms with E-state index < -0.39 is 15.8 Å². The summed E-state index contributed by atoms with van der Waals surface area (Å²) < 4.78 is 37.8. The highest BCUT2D eigenvalue weighted by Gasteiger charge is 2.14. The van der Waals surface area contributed by atoms with E-state index in [1.807, 2.05) is 6.92 Å². The first-order valence-corrected chi connectivity index (χ1v) is 11.0. The molecule has 0 aliphatic carbocycles. The molecule has 11 heteroatoms. The molecule has 0 saturated carbocycles. The van der Waals surface area contributed by atoms with Crippen LogP contribution in [0.25, 0.3) is 10.9 Å². The molecule has 2 aromatic heterocycles. The monoisotopic (exact) mass is 454 g/mol. The quantitative estimate of drug-likeness (QED) is 0.363. The van der Waals surface area contributed by atoms with Gasteiger partial charge in [-0.05, 0) is 55.3 Å². The maximum Gasteiger partial charge on any atom is 0.248 e. The van der Waals surface area contributed by atoms with Crippen molar-refractivity contribution in [1.82, 2.24) is 15.0 Å². The van der Waals surface area contributed by atoms with Crippen LogP contribution in [0.5, 0.6) is 0 Å². The molecule has 0 radical (unpaired) electrons. The molecule has 0 unspecified atom stereocenters. The minimum atomic E-state index is -3.90. The maximum absolute atomic E-state index is 14.4. The Morgan fingerprint density at radius 1 is 1.00 bits per heavy atom. The first-order valence-electron chi connectivity index (χ1n) is 9.44. The van der Waals surface area contributed by atoms with Gasteiger partial charge in [-0.2, -0.15) is 4.98 Å². The molecule has 32 heavy (non-hydrogen) atoms. The topological polar surface area (TPSA) is 143 Å². The highest BCUT2D eigenvalue weighted by Crippen LogP contribution is 2.25. The molecular formula is C21H19FN6O3S. The number of H-pyrrole nitrogens is 1. The number of aromatic nitrogens is 3. The van der Waals surface area contributed by atoms with E-state index in [2.05, 4.69) is 25.6 Å². The summed E-state index contributed by atoms with van der Waals surface area (Å²) >= 11 is 0. The van der Waals surface area contributed by atoms with Gasteiger partial charge in [0.1, 0.15) is 0 Å². The molecule has 2 heterocycles. The van der Waals surface area contributed by atoms with Crippen LogP contribution in [0.4, 0.5) is 27.5 Å². The van der Waals surface area contributed by atoms with E-state index in [1.165, 1.54) is 12.1 Å². The van der Waals surface area contributed by atoms with Crippen LogP contribution in [0.2, 0.25) is 0 Å². The van der Waals surface area contributed by atoms with Crippen molar-refractivity contribution in [2.75, 3.05) is 10.6 Å². The average molecular weight is 454 g/mol. The fourth-order valence-corrected chi connectivity index (χ4v) is 4.07. The number of aryl methyl sites for hydroxylation is 2. The highest BCUT2D eigenvalue weighted by molar-refractivity contribution is 7.89. The molecule has 4 aromatic rings. The molecule has 0 saturated heterocycles. The zero-order valence-corrected chi connectivity index (χ0v) is 17.9. The molecule has 5 N–H and O–H groups in total. The van der Waals surface area contributed by atoms with Crippen molar-refractivity contribution < 1.29 is 12.8 Å².